The van der Waals surface area contributed by atoms with Crippen LogP contribution in [0.15, 0.2) is 48.5 Å². The van der Waals surface area contributed by atoms with Crippen LogP contribution in [0.3, 0.4) is 0 Å². The minimum atomic E-state index is -3.22. The van der Waals surface area contributed by atoms with Crippen LogP contribution in [0.2, 0.25) is 0 Å². The number of benzene rings is 2. The molecule has 4 fully saturated rings. The lowest BCUT2D eigenvalue weighted by atomic mass is 9.92. The highest BCUT2D eigenvalue weighted by Crippen LogP contribution is 2.64. The summed E-state index contributed by atoms with van der Waals surface area (Å²) in [6, 6.07) is 15.9. The summed E-state index contributed by atoms with van der Waals surface area (Å²) in [5.41, 5.74) is 4.34. The Balaban J connectivity index is 0.000000188. The number of hydrogen-bond acceptors (Lipinski definition) is 6. The Morgan fingerprint density at radius 2 is 0.958 bits per heavy atom. The maximum absolute atomic E-state index is 11.4. The van der Waals surface area contributed by atoms with Crippen molar-refractivity contribution in [2.75, 3.05) is 61.2 Å². The number of rotatable bonds is 16. The highest BCUT2D eigenvalue weighted by Gasteiger charge is 2.66. The Bertz CT molecular complexity index is 1470. The van der Waals surface area contributed by atoms with Crippen LogP contribution < -0.4 is 9.44 Å². The van der Waals surface area contributed by atoms with E-state index in [4.69, 9.17) is 0 Å². The van der Waals surface area contributed by atoms with Gasteiger partial charge >= 0.3 is 0 Å². The van der Waals surface area contributed by atoms with Gasteiger partial charge in [0.05, 0.1) is 12.5 Å². The third-order valence-corrected chi connectivity index (χ3v) is 13.1. The third-order valence-electron chi connectivity index (χ3n) is 11.9. The molecule has 2 saturated heterocycles. The van der Waals surface area contributed by atoms with Gasteiger partial charge in [-0.3, -0.25) is 9.44 Å². The van der Waals surface area contributed by atoms with E-state index in [1.807, 2.05) is 36.4 Å². The molecule has 4 aliphatic rings. The molecule has 0 bridgehead atoms. The van der Waals surface area contributed by atoms with Crippen LogP contribution in [-0.2, 0) is 30.9 Å². The molecule has 48 heavy (non-hydrogen) atoms. The van der Waals surface area contributed by atoms with Crippen LogP contribution in [0.5, 0.6) is 0 Å². The van der Waals surface area contributed by atoms with E-state index >= 15 is 0 Å². The highest BCUT2D eigenvalue weighted by atomic mass is 32.2. The van der Waals surface area contributed by atoms with Crippen molar-refractivity contribution in [3.63, 3.8) is 0 Å². The maximum Gasteiger partial charge on any atom is 0.229 e. The van der Waals surface area contributed by atoms with Crippen LogP contribution in [-0.4, -0.2) is 78.4 Å². The number of piperidine rings is 2. The van der Waals surface area contributed by atoms with E-state index < -0.39 is 20.0 Å². The second-order valence-electron chi connectivity index (χ2n) is 15.5. The Morgan fingerprint density at radius 1 is 0.604 bits per heavy atom. The van der Waals surface area contributed by atoms with Gasteiger partial charge < -0.3 is 9.80 Å². The summed E-state index contributed by atoms with van der Waals surface area (Å²) in [6.45, 7) is 16.4. The van der Waals surface area contributed by atoms with Crippen LogP contribution >= 0.6 is 0 Å². The molecule has 2 aromatic rings. The molecule has 2 aromatic carbocycles. The fourth-order valence-electron chi connectivity index (χ4n) is 8.93. The molecule has 0 amide bonds. The number of nitrogens with zero attached hydrogens (tertiary/aromatic N) is 2. The van der Waals surface area contributed by atoms with Crippen molar-refractivity contribution >= 4 is 31.4 Å². The second kappa shape index (κ2) is 15.0. The van der Waals surface area contributed by atoms with Gasteiger partial charge in [0.2, 0.25) is 20.0 Å². The molecule has 2 aliphatic carbocycles. The summed E-state index contributed by atoms with van der Waals surface area (Å²) >= 11 is 0. The van der Waals surface area contributed by atoms with E-state index in [0.29, 0.717) is 11.4 Å². The molecular weight excluding hydrogens is 641 g/mol. The van der Waals surface area contributed by atoms with Gasteiger partial charge in [-0.25, -0.2) is 16.8 Å². The largest absolute Gasteiger partial charge is 0.303 e. The zero-order chi connectivity index (χ0) is 34.7. The molecule has 2 aliphatic heterocycles. The van der Waals surface area contributed by atoms with E-state index in [-0.39, 0.29) is 10.8 Å². The maximum atomic E-state index is 11.4. The molecular formula is C38H60N4O4S2. The predicted octanol–water partition coefficient (Wildman–Crippen LogP) is 6.92. The normalized spacial score (nSPS) is 29.5. The Kier molecular flexibility index (Phi) is 11.6. The number of fused-ring (bicyclic) bond motifs is 2. The SMILES string of the molecule is CCCCCCN1CC2C(C1)C2(C)c1cccc(NS(C)(=O)=O)c1.CCCCCCN1CC2C(C1)C2(C)c1cccc(NS(C)(=O)=O)c1. The number of nitrogens with one attached hydrogen (secondary N) is 2. The van der Waals surface area contributed by atoms with Crippen molar-refractivity contribution in [1.82, 2.24) is 9.80 Å². The van der Waals surface area contributed by atoms with Crippen LogP contribution in [0.4, 0.5) is 11.4 Å². The standard InChI is InChI=1S/2C19H30N2O2S/c2*1-4-5-6-7-11-21-13-17-18(14-21)19(17,2)15-9-8-10-16(12-15)20-24(3,22)23/h2*8-10,12,17-18,20H,4-7,11,13-14H2,1-3H3. The van der Waals surface area contributed by atoms with Gasteiger partial charge in [-0.05, 0) is 85.0 Å². The monoisotopic (exact) mass is 700 g/mol. The van der Waals surface area contributed by atoms with Crippen molar-refractivity contribution in [3.05, 3.63) is 59.7 Å². The topological polar surface area (TPSA) is 98.8 Å². The third kappa shape index (κ3) is 8.77. The fourth-order valence-corrected chi connectivity index (χ4v) is 10.0. The van der Waals surface area contributed by atoms with Crippen molar-refractivity contribution < 1.29 is 16.8 Å². The van der Waals surface area contributed by atoms with Crippen LogP contribution in [0, 0.1) is 23.7 Å². The minimum absolute atomic E-state index is 0.217. The number of hydrogen-bond donors (Lipinski definition) is 2. The summed E-state index contributed by atoms with van der Waals surface area (Å²) in [7, 11) is -6.44. The Labute approximate surface area is 291 Å². The molecule has 8 nitrogen and oxygen atoms in total. The van der Waals surface area contributed by atoms with E-state index in [9.17, 15) is 16.8 Å². The molecule has 0 radical (unpaired) electrons. The Morgan fingerprint density at radius 3 is 1.27 bits per heavy atom. The summed E-state index contributed by atoms with van der Waals surface area (Å²) in [5, 5.41) is 0. The van der Waals surface area contributed by atoms with Crippen molar-refractivity contribution in [1.29, 1.82) is 0 Å². The molecule has 6 rings (SSSR count). The number of anilines is 2. The molecule has 10 heteroatoms. The number of likely N-dealkylation sites (tertiary alicyclic amines) is 2. The summed E-state index contributed by atoms with van der Waals surface area (Å²) in [6.07, 6.45) is 13.0. The van der Waals surface area contributed by atoms with E-state index in [1.165, 1.54) is 114 Å². The van der Waals surface area contributed by atoms with Crippen molar-refractivity contribution in [2.24, 2.45) is 23.7 Å². The molecule has 268 valence electrons. The average molecular weight is 701 g/mol. The molecule has 4 unspecified atom stereocenters. The summed E-state index contributed by atoms with van der Waals surface area (Å²) in [4.78, 5) is 5.23. The predicted molar refractivity (Wildman–Crippen MR) is 200 cm³/mol. The van der Waals surface area contributed by atoms with Crippen LogP contribution in [0.25, 0.3) is 0 Å². The molecule has 2 N–H and O–H groups in total. The van der Waals surface area contributed by atoms with Gasteiger partial charge in [0.25, 0.3) is 0 Å². The smallest absolute Gasteiger partial charge is 0.229 e. The van der Waals surface area contributed by atoms with Crippen molar-refractivity contribution in [3.8, 4) is 0 Å². The lowest BCUT2D eigenvalue weighted by Gasteiger charge is -2.24. The van der Waals surface area contributed by atoms with Gasteiger partial charge in [0.1, 0.15) is 0 Å². The minimum Gasteiger partial charge on any atom is -0.303 e. The van der Waals surface area contributed by atoms with Gasteiger partial charge in [0.15, 0.2) is 0 Å². The number of sulfonamides is 2. The van der Waals surface area contributed by atoms with Gasteiger partial charge in [-0.2, -0.15) is 0 Å². The highest BCUT2D eigenvalue weighted by molar-refractivity contribution is 7.92. The average Bonchev–Trinajstić information content (AvgIpc) is 3.51. The van der Waals surface area contributed by atoms with Gasteiger partial charge in [-0.15, -0.1) is 0 Å². The second-order valence-corrected chi connectivity index (χ2v) is 19.0. The van der Waals surface area contributed by atoms with Gasteiger partial charge in [0, 0.05) is 48.4 Å². The van der Waals surface area contributed by atoms with Crippen molar-refractivity contribution in [2.45, 2.75) is 89.9 Å². The first-order valence-electron chi connectivity index (χ1n) is 18.3. The fraction of sp³-hybridized carbons (Fsp3) is 0.684. The van der Waals surface area contributed by atoms with Gasteiger partial charge in [-0.1, -0.05) is 90.5 Å². The van der Waals surface area contributed by atoms with E-state index in [1.54, 1.807) is 0 Å². The van der Waals surface area contributed by atoms with E-state index in [0.717, 1.165) is 23.7 Å². The summed E-state index contributed by atoms with van der Waals surface area (Å²) in [5.74, 6) is 2.88. The zero-order valence-electron chi connectivity index (χ0n) is 30.2. The first-order valence-corrected chi connectivity index (χ1v) is 22.1. The molecule has 0 aromatic heterocycles. The van der Waals surface area contributed by atoms with Crippen LogP contribution in [0.1, 0.15) is 90.2 Å². The number of unbranched alkanes of at least 4 members (excludes halogenated alkanes) is 6. The Hall–Kier alpha value is -2.14. The zero-order valence-corrected chi connectivity index (χ0v) is 31.8. The lowest BCUT2D eigenvalue weighted by molar-refractivity contribution is 0.271. The quantitative estimate of drug-likeness (QED) is 0.185. The lowest BCUT2D eigenvalue weighted by Crippen LogP contribution is -2.29. The molecule has 2 saturated carbocycles. The first kappa shape index (κ1) is 37.1. The molecule has 4 atom stereocenters. The first-order chi connectivity index (χ1) is 22.7. The molecule has 0 spiro atoms. The summed E-state index contributed by atoms with van der Waals surface area (Å²) < 4.78 is 51.0. The van der Waals surface area contributed by atoms with E-state index in [2.05, 4.69) is 59.1 Å². The molecule has 2 heterocycles.